The minimum absolute atomic E-state index is 0.160. The van der Waals surface area contributed by atoms with E-state index in [1.807, 2.05) is 13.0 Å². The smallest absolute Gasteiger partial charge is 0.132 e. The SMILES string of the molecule is CC1=CC=C(Cl)C1C=O. The van der Waals surface area contributed by atoms with E-state index in [0.717, 1.165) is 11.9 Å². The van der Waals surface area contributed by atoms with Crippen LogP contribution in [0.15, 0.2) is 22.8 Å². The fraction of sp³-hybridized carbons (Fsp3) is 0.286. The normalized spacial score (nSPS) is 25.3. The van der Waals surface area contributed by atoms with Gasteiger partial charge in [0.1, 0.15) is 6.29 Å². The summed E-state index contributed by atoms with van der Waals surface area (Å²) in [5.41, 5.74) is 1.02. The maximum Gasteiger partial charge on any atom is 0.132 e. The van der Waals surface area contributed by atoms with Crippen LogP contribution in [0.25, 0.3) is 0 Å². The van der Waals surface area contributed by atoms with Gasteiger partial charge in [-0.3, -0.25) is 0 Å². The molecule has 0 spiro atoms. The molecule has 0 heterocycles. The van der Waals surface area contributed by atoms with E-state index in [1.54, 1.807) is 6.08 Å². The van der Waals surface area contributed by atoms with E-state index < -0.39 is 0 Å². The fourth-order valence-electron chi connectivity index (χ4n) is 0.808. The summed E-state index contributed by atoms with van der Waals surface area (Å²) < 4.78 is 0. The summed E-state index contributed by atoms with van der Waals surface area (Å²) in [6.45, 7) is 1.89. The monoisotopic (exact) mass is 142 g/mol. The molecule has 9 heavy (non-hydrogen) atoms. The topological polar surface area (TPSA) is 17.1 Å². The molecule has 1 unspecified atom stereocenters. The molecule has 0 aromatic carbocycles. The van der Waals surface area contributed by atoms with Crippen LogP contribution >= 0.6 is 11.6 Å². The zero-order chi connectivity index (χ0) is 6.85. The van der Waals surface area contributed by atoms with Crippen LogP contribution in [0.2, 0.25) is 0 Å². The zero-order valence-electron chi connectivity index (χ0n) is 5.10. The Labute approximate surface area is 59.0 Å². The molecule has 0 radical (unpaired) electrons. The van der Waals surface area contributed by atoms with Gasteiger partial charge in [0.2, 0.25) is 0 Å². The van der Waals surface area contributed by atoms with Crippen molar-refractivity contribution in [1.29, 1.82) is 0 Å². The quantitative estimate of drug-likeness (QED) is 0.511. The Balaban J connectivity index is 2.81. The molecule has 1 nitrogen and oxygen atoms in total. The third kappa shape index (κ3) is 1.06. The summed E-state index contributed by atoms with van der Waals surface area (Å²) in [6, 6.07) is 0. The Bertz CT molecular complexity index is 173. The predicted molar refractivity (Wildman–Crippen MR) is 37.2 cm³/mol. The molecule has 0 bridgehead atoms. The minimum Gasteiger partial charge on any atom is -0.302 e. The molecule has 1 rings (SSSR count). The molecule has 0 saturated heterocycles. The highest BCUT2D eigenvalue weighted by atomic mass is 35.5. The van der Waals surface area contributed by atoms with Crippen molar-refractivity contribution >= 4 is 17.9 Å². The van der Waals surface area contributed by atoms with Gasteiger partial charge in [-0.2, -0.15) is 0 Å². The first kappa shape index (κ1) is 6.56. The van der Waals surface area contributed by atoms with E-state index in [-0.39, 0.29) is 5.92 Å². The van der Waals surface area contributed by atoms with Crippen molar-refractivity contribution in [3.05, 3.63) is 22.8 Å². The van der Waals surface area contributed by atoms with Gasteiger partial charge in [-0.1, -0.05) is 23.3 Å². The highest BCUT2D eigenvalue weighted by Gasteiger charge is 2.16. The molecule has 1 aliphatic carbocycles. The Morgan fingerprint density at radius 2 is 2.33 bits per heavy atom. The Morgan fingerprint density at radius 3 is 2.56 bits per heavy atom. The maximum absolute atomic E-state index is 10.3. The zero-order valence-corrected chi connectivity index (χ0v) is 5.85. The van der Waals surface area contributed by atoms with Crippen LogP contribution in [0.4, 0.5) is 0 Å². The first-order chi connectivity index (χ1) is 4.25. The summed E-state index contributed by atoms with van der Waals surface area (Å²) in [4.78, 5) is 10.3. The van der Waals surface area contributed by atoms with Crippen LogP contribution in [0, 0.1) is 5.92 Å². The number of carbonyl (C=O) groups is 1. The largest absolute Gasteiger partial charge is 0.302 e. The number of allylic oxidation sites excluding steroid dienone is 4. The molecule has 0 aromatic heterocycles. The van der Waals surface area contributed by atoms with Crippen LogP contribution in [-0.2, 0) is 4.79 Å². The number of carbonyl (C=O) groups excluding carboxylic acids is 1. The third-order valence-electron chi connectivity index (χ3n) is 1.43. The Kier molecular flexibility index (Phi) is 1.72. The summed E-state index contributed by atoms with van der Waals surface area (Å²) >= 11 is 5.65. The van der Waals surface area contributed by atoms with Gasteiger partial charge in [-0.25, -0.2) is 0 Å². The lowest BCUT2D eigenvalue weighted by Crippen LogP contribution is -1.98. The molecule has 0 aromatic rings. The first-order valence-electron chi connectivity index (χ1n) is 2.75. The Hall–Kier alpha value is -0.560. The second kappa shape index (κ2) is 2.36. The van der Waals surface area contributed by atoms with Gasteiger partial charge < -0.3 is 4.79 Å². The highest BCUT2D eigenvalue weighted by Crippen LogP contribution is 2.26. The molecule has 48 valence electrons. The second-order valence-electron chi connectivity index (χ2n) is 2.08. The number of halogens is 1. The molecule has 0 amide bonds. The van der Waals surface area contributed by atoms with Gasteiger partial charge >= 0.3 is 0 Å². The van der Waals surface area contributed by atoms with Crippen molar-refractivity contribution in [2.75, 3.05) is 0 Å². The maximum atomic E-state index is 10.3. The van der Waals surface area contributed by atoms with Crippen molar-refractivity contribution in [2.24, 2.45) is 5.92 Å². The van der Waals surface area contributed by atoms with Gasteiger partial charge in [0.05, 0.1) is 5.92 Å². The van der Waals surface area contributed by atoms with E-state index in [1.165, 1.54) is 0 Å². The van der Waals surface area contributed by atoms with Crippen molar-refractivity contribution in [3.8, 4) is 0 Å². The Morgan fingerprint density at radius 1 is 1.67 bits per heavy atom. The third-order valence-corrected chi connectivity index (χ3v) is 1.79. The lowest BCUT2D eigenvalue weighted by molar-refractivity contribution is -0.109. The van der Waals surface area contributed by atoms with Crippen molar-refractivity contribution in [1.82, 2.24) is 0 Å². The van der Waals surface area contributed by atoms with Crippen molar-refractivity contribution in [3.63, 3.8) is 0 Å². The van der Waals surface area contributed by atoms with Crippen molar-refractivity contribution in [2.45, 2.75) is 6.92 Å². The van der Waals surface area contributed by atoms with Gasteiger partial charge in [0, 0.05) is 5.03 Å². The second-order valence-corrected chi connectivity index (χ2v) is 2.51. The highest BCUT2D eigenvalue weighted by molar-refractivity contribution is 6.31. The predicted octanol–water partition coefficient (Wildman–Crippen LogP) is 1.88. The molecular formula is C7H7ClO. The minimum atomic E-state index is -0.160. The molecule has 0 aliphatic heterocycles. The summed E-state index contributed by atoms with van der Waals surface area (Å²) in [5, 5.41) is 0.627. The van der Waals surface area contributed by atoms with Crippen LogP contribution in [-0.4, -0.2) is 6.29 Å². The van der Waals surface area contributed by atoms with E-state index in [0.29, 0.717) is 5.03 Å². The average molecular weight is 143 g/mol. The average Bonchev–Trinajstić information content (AvgIpc) is 2.12. The summed E-state index contributed by atoms with van der Waals surface area (Å²) in [5.74, 6) is -0.160. The van der Waals surface area contributed by atoms with Gasteiger partial charge in [0.25, 0.3) is 0 Å². The van der Waals surface area contributed by atoms with Crippen LogP contribution in [0.1, 0.15) is 6.92 Å². The van der Waals surface area contributed by atoms with E-state index in [9.17, 15) is 4.79 Å². The van der Waals surface area contributed by atoms with E-state index >= 15 is 0 Å². The van der Waals surface area contributed by atoms with E-state index in [2.05, 4.69) is 0 Å². The first-order valence-corrected chi connectivity index (χ1v) is 3.12. The number of hydrogen-bond acceptors (Lipinski definition) is 1. The molecule has 2 heteroatoms. The van der Waals surface area contributed by atoms with Crippen LogP contribution in [0.3, 0.4) is 0 Å². The van der Waals surface area contributed by atoms with E-state index in [4.69, 9.17) is 11.6 Å². The van der Waals surface area contributed by atoms with Gasteiger partial charge in [0.15, 0.2) is 0 Å². The van der Waals surface area contributed by atoms with Gasteiger partial charge in [-0.05, 0) is 13.0 Å². The number of rotatable bonds is 1. The van der Waals surface area contributed by atoms with Crippen LogP contribution in [0.5, 0.6) is 0 Å². The summed E-state index contributed by atoms with van der Waals surface area (Å²) in [7, 11) is 0. The molecule has 0 fully saturated rings. The fourth-order valence-corrected chi connectivity index (χ4v) is 1.09. The van der Waals surface area contributed by atoms with Gasteiger partial charge in [-0.15, -0.1) is 0 Å². The number of aldehydes is 1. The summed E-state index contributed by atoms with van der Waals surface area (Å²) in [6.07, 6.45) is 4.48. The lowest BCUT2D eigenvalue weighted by atomic mass is 10.1. The molecular weight excluding hydrogens is 136 g/mol. The molecule has 0 saturated carbocycles. The lowest BCUT2D eigenvalue weighted by Gasteiger charge is -2.00. The van der Waals surface area contributed by atoms with Crippen LogP contribution < -0.4 is 0 Å². The molecule has 1 aliphatic rings. The van der Waals surface area contributed by atoms with Crippen molar-refractivity contribution < 1.29 is 4.79 Å². The molecule has 0 N–H and O–H groups in total. The number of hydrogen-bond donors (Lipinski definition) is 0. The standard InChI is InChI=1S/C7H7ClO/c1-5-2-3-7(8)6(5)4-9/h2-4,6H,1H3. The molecule has 1 atom stereocenters.